The molecule has 3 rings (SSSR count). The van der Waals surface area contributed by atoms with Crippen LogP contribution in [0.15, 0.2) is 59.4 Å². The summed E-state index contributed by atoms with van der Waals surface area (Å²) in [5.74, 6) is 0.0516. The van der Waals surface area contributed by atoms with E-state index < -0.39 is 0 Å². The number of pyridine rings is 1. The predicted octanol–water partition coefficient (Wildman–Crippen LogP) is 3.01. The second-order valence-electron chi connectivity index (χ2n) is 5.50. The zero-order chi connectivity index (χ0) is 16.2. The number of aliphatic hydroxyl groups excluding tert-OH is 1. The van der Waals surface area contributed by atoms with E-state index in [1.165, 1.54) is 0 Å². The molecule has 0 unspecified atom stereocenters. The Morgan fingerprint density at radius 2 is 1.61 bits per heavy atom. The molecule has 0 aliphatic heterocycles. The molecule has 0 spiro atoms. The highest BCUT2D eigenvalue weighted by molar-refractivity contribution is 5.87. The van der Waals surface area contributed by atoms with E-state index in [0.717, 1.165) is 5.69 Å². The van der Waals surface area contributed by atoms with Gasteiger partial charge in [0.2, 0.25) is 0 Å². The van der Waals surface area contributed by atoms with Crippen molar-refractivity contribution >= 4 is 10.9 Å². The van der Waals surface area contributed by atoms with Crippen LogP contribution in [0.4, 0.5) is 0 Å². The topological polar surface area (TPSA) is 62.5 Å². The number of hydrogen-bond donors (Lipinski definition) is 2. The smallest absolute Gasteiger partial charge is 0.262 e. The second-order valence-corrected chi connectivity index (χ2v) is 5.50. The average Bonchev–Trinajstić information content (AvgIpc) is 2.59. The minimum atomic E-state index is -0.203. The molecule has 0 radical (unpaired) electrons. The van der Waals surface area contributed by atoms with E-state index in [1.54, 1.807) is 4.57 Å². The number of fused-ring (bicyclic) bond motifs is 1. The van der Waals surface area contributed by atoms with Gasteiger partial charge in [-0.3, -0.25) is 9.36 Å². The minimum absolute atomic E-state index is 0.0516. The third kappa shape index (κ3) is 2.85. The number of benzene rings is 2. The van der Waals surface area contributed by atoms with Crippen molar-refractivity contribution in [3.05, 3.63) is 70.5 Å². The van der Waals surface area contributed by atoms with Gasteiger partial charge in [-0.25, -0.2) is 0 Å². The molecule has 0 aliphatic carbocycles. The number of aromatic hydroxyl groups is 1. The Labute approximate surface area is 134 Å². The molecule has 4 nitrogen and oxygen atoms in total. The Kier molecular flexibility index (Phi) is 4.44. The van der Waals surface area contributed by atoms with E-state index in [9.17, 15) is 9.90 Å². The summed E-state index contributed by atoms with van der Waals surface area (Å²) in [6.45, 7) is 0.0845. The standard InChI is InChI=1S/C19H19NO3/c21-13-7-6-11-16-18(22)15-10-4-5-12-17(15)20(19(16)23)14-8-2-1-3-9-14/h1-5,8-10,12,21-22H,6-7,11,13H2. The fourth-order valence-electron chi connectivity index (χ4n) is 2.85. The summed E-state index contributed by atoms with van der Waals surface area (Å²) in [4.78, 5) is 12.9. The van der Waals surface area contributed by atoms with Crippen molar-refractivity contribution in [3.8, 4) is 11.4 Å². The Balaban J connectivity index is 2.27. The third-order valence-corrected chi connectivity index (χ3v) is 4.00. The fourth-order valence-corrected chi connectivity index (χ4v) is 2.85. The predicted molar refractivity (Wildman–Crippen MR) is 91.2 cm³/mol. The molecule has 0 saturated heterocycles. The van der Waals surface area contributed by atoms with Crippen LogP contribution in [0.5, 0.6) is 5.75 Å². The van der Waals surface area contributed by atoms with Crippen LogP contribution in [0.3, 0.4) is 0 Å². The van der Waals surface area contributed by atoms with Gasteiger partial charge in [-0.05, 0) is 43.5 Å². The van der Waals surface area contributed by atoms with Crippen LogP contribution in [0.25, 0.3) is 16.6 Å². The number of hydrogen-bond acceptors (Lipinski definition) is 3. The lowest BCUT2D eigenvalue weighted by atomic mass is 10.0. The maximum Gasteiger partial charge on any atom is 0.262 e. The highest BCUT2D eigenvalue weighted by Gasteiger charge is 2.16. The van der Waals surface area contributed by atoms with E-state index >= 15 is 0 Å². The van der Waals surface area contributed by atoms with Crippen LogP contribution in [0.1, 0.15) is 18.4 Å². The van der Waals surface area contributed by atoms with E-state index in [2.05, 4.69) is 0 Å². The second kappa shape index (κ2) is 6.67. The van der Waals surface area contributed by atoms with Gasteiger partial charge in [0, 0.05) is 17.7 Å². The summed E-state index contributed by atoms with van der Waals surface area (Å²) in [6, 6.07) is 16.8. The Hall–Kier alpha value is -2.59. The lowest BCUT2D eigenvalue weighted by Crippen LogP contribution is -2.23. The Bertz CT molecular complexity index is 869. The van der Waals surface area contributed by atoms with Crippen LogP contribution in [0.2, 0.25) is 0 Å². The van der Waals surface area contributed by atoms with Crippen molar-refractivity contribution in [2.75, 3.05) is 6.61 Å². The molecule has 0 aliphatic rings. The molecule has 118 valence electrons. The maximum atomic E-state index is 12.9. The lowest BCUT2D eigenvalue weighted by Gasteiger charge is -2.15. The van der Waals surface area contributed by atoms with Gasteiger partial charge in [-0.2, -0.15) is 0 Å². The van der Waals surface area contributed by atoms with Crippen molar-refractivity contribution in [2.24, 2.45) is 0 Å². The minimum Gasteiger partial charge on any atom is -0.507 e. The van der Waals surface area contributed by atoms with Gasteiger partial charge in [0.15, 0.2) is 0 Å². The fraction of sp³-hybridized carbons (Fsp3) is 0.211. The molecular weight excluding hydrogens is 290 g/mol. The molecule has 1 aromatic heterocycles. The summed E-state index contributed by atoms with van der Waals surface area (Å²) in [7, 11) is 0. The highest BCUT2D eigenvalue weighted by Crippen LogP contribution is 2.28. The molecule has 0 atom stereocenters. The van der Waals surface area contributed by atoms with Gasteiger partial charge in [-0.1, -0.05) is 30.3 Å². The molecule has 4 heteroatoms. The highest BCUT2D eigenvalue weighted by atomic mass is 16.3. The van der Waals surface area contributed by atoms with Crippen molar-refractivity contribution in [1.29, 1.82) is 0 Å². The molecule has 0 amide bonds. The van der Waals surface area contributed by atoms with Gasteiger partial charge < -0.3 is 10.2 Å². The number of unbranched alkanes of at least 4 members (excludes halogenated alkanes) is 1. The lowest BCUT2D eigenvalue weighted by molar-refractivity contribution is 0.284. The normalized spacial score (nSPS) is 11.0. The molecule has 3 aromatic rings. The monoisotopic (exact) mass is 309 g/mol. The van der Waals surface area contributed by atoms with Crippen LogP contribution in [0, 0.1) is 0 Å². The van der Waals surface area contributed by atoms with Crippen molar-refractivity contribution < 1.29 is 10.2 Å². The summed E-state index contributed by atoms with van der Waals surface area (Å²) in [5.41, 5.74) is 1.66. The summed E-state index contributed by atoms with van der Waals surface area (Å²) in [5, 5.41) is 20.1. The van der Waals surface area contributed by atoms with Gasteiger partial charge >= 0.3 is 0 Å². The van der Waals surface area contributed by atoms with E-state index in [4.69, 9.17) is 5.11 Å². The molecule has 0 fully saturated rings. The number of aliphatic hydroxyl groups is 1. The van der Waals surface area contributed by atoms with Crippen LogP contribution in [-0.4, -0.2) is 21.4 Å². The first-order chi connectivity index (χ1) is 11.2. The first-order valence-electron chi connectivity index (χ1n) is 7.76. The molecule has 0 saturated carbocycles. The zero-order valence-corrected chi connectivity index (χ0v) is 12.8. The maximum absolute atomic E-state index is 12.9. The molecular formula is C19H19NO3. The van der Waals surface area contributed by atoms with E-state index in [0.29, 0.717) is 35.7 Å². The number of nitrogens with zero attached hydrogens (tertiary/aromatic N) is 1. The van der Waals surface area contributed by atoms with Crippen LogP contribution < -0.4 is 5.56 Å². The van der Waals surface area contributed by atoms with Crippen molar-refractivity contribution in [3.63, 3.8) is 0 Å². The molecule has 1 heterocycles. The largest absolute Gasteiger partial charge is 0.507 e. The Morgan fingerprint density at radius 3 is 2.35 bits per heavy atom. The van der Waals surface area contributed by atoms with E-state index in [-0.39, 0.29) is 17.9 Å². The van der Waals surface area contributed by atoms with Crippen molar-refractivity contribution in [2.45, 2.75) is 19.3 Å². The number of rotatable bonds is 5. The summed E-state index contributed by atoms with van der Waals surface area (Å²) >= 11 is 0. The van der Waals surface area contributed by atoms with Crippen LogP contribution in [-0.2, 0) is 6.42 Å². The van der Waals surface area contributed by atoms with Gasteiger partial charge in [-0.15, -0.1) is 0 Å². The number of para-hydroxylation sites is 2. The zero-order valence-electron chi connectivity index (χ0n) is 12.8. The first-order valence-corrected chi connectivity index (χ1v) is 7.76. The molecule has 2 N–H and O–H groups in total. The number of aromatic nitrogens is 1. The summed E-state index contributed by atoms with van der Waals surface area (Å²) in [6.07, 6.45) is 1.71. The Morgan fingerprint density at radius 1 is 0.913 bits per heavy atom. The van der Waals surface area contributed by atoms with Crippen molar-refractivity contribution in [1.82, 2.24) is 4.57 Å². The van der Waals surface area contributed by atoms with E-state index in [1.807, 2.05) is 54.6 Å². The molecule has 0 bridgehead atoms. The SMILES string of the molecule is O=c1c(CCCCO)c(O)c2ccccc2n1-c1ccccc1. The average molecular weight is 309 g/mol. The third-order valence-electron chi connectivity index (χ3n) is 4.00. The van der Waals surface area contributed by atoms with Crippen LogP contribution >= 0.6 is 0 Å². The van der Waals surface area contributed by atoms with Gasteiger partial charge in [0.05, 0.1) is 11.1 Å². The first kappa shape index (κ1) is 15.3. The van der Waals surface area contributed by atoms with Gasteiger partial charge in [0.25, 0.3) is 5.56 Å². The van der Waals surface area contributed by atoms with Gasteiger partial charge in [0.1, 0.15) is 5.75 Å². The molecule has 23 heavy (non-hydrogen) atoms. The summed E-state index contributed by atoms with van der Waals surface area (Å²) < 4.78 is 1.64. The quantitative estimate of drug-likeness (QED) is 0.712. The molecule has 2 aromatic carbocycles.